The lowest BCUT2D eigenvalue weighted by Gasteiger charge is -2.11. The fraction of sp³-hybridized carbons (Fsp3) is 0.100. The molecule has 0 fully saturated rings. The molecule has 0 saturated carbocycles. The fourth-order valence-corrected chi connectivity index (χ4v) is 2.91. The van der Waals surface area contributed by atoms with Gasteiger partial charge >= 0.3 is 5.97 Å². The van der Waals surface area contributed by atoms with Crippen LogP contribution < -0.4 is 4.74 Å². The number of carbonyl (C=O) groups excluding carboxylic acids is 3. The molecule has 4 rings (SSSR count). The highest BCUT2D eigenvalue weighted by Gasteiger charge is 2.39. The molecule has 140 valence electrons. The molecule has 0 spiro atoms. The van der Waals surface area contributed by atoms with Crippen molar-refractivity contribution < 1.29 is 24.0 Å². The number of para-hydroxylation sites is 1. The Labute approximate surface area is 159 Å². The summed E-state index contributed by atoms with van der Waals surface area (Å²) in [5.41, 5.74) is 1.55. The van der Waals surface area contributed by atoms with Crippen molar-refractivity contribution in [2.24, 2.45) is 0 Å². The van der Waals surface area contributed by atoms with E-state index in [2.05, 4.69) is 10.2 Å². The fourth-order valence-electron chi connectivity index (χ4n) is 2.91. The lowest BCUT2D eigenvalue weighted by atomic mass is 10.1. The number of imide groups is 1. The quantitative estimate of drug-likeness (QED) is 0.686. The van der Waals surface area contributed by atoms with E-state index in [1.165, 1.54) is 18.2 Å². The molecule has 0 bridgehead atoms. The number of H-pyrrole nitrogens is 1. The summed E-state index contributed by atoms with van der Waals surface area (Å²) in [6, 6.07) is 15.0. The zero-order valence-electron chi connectivity index (χ0n) is 14.8. The first-order valence-corrected chi connectivity index (χ1v) is 8.58. The Morgan fingerprint density at radius 3 is 2.25 bits per heavy atom. The van der Waals surface area contributed by atoms with E-state index in [4.69, 9.17) is 9.57 Å². The summed E-state index contributed by atoms with van der Waals surface area (Å²) in [4.78, 5) is 42.1. The third-order valence-corrected chi connectivity index (χ3v) is 4.19. The Bertz CT molecular complexity index is 1050. The Kier molecular flexibility index (Phi) is 4.36. The number of carbonyl (C=O) groups is 3. The van der Waals surface area contributed by atoms with Crippen LogP contribution in [0, 0.1) is 0 Å². The van der Waals surface area contributed by atoms with Gasteiger partial charge in [0.25, 0.3) is 11.8 Å². The predicted octanol–water partition coefficient (Wildman–Crippen LogP) is 2.84. The second-order valence-corrected chi connectivity index (χ2v) is 5.93. The van der Waals surface area contributed by atoms with Crippen molar-refractivity contribution >= 4 is 17.8 Å². The lowest BCUT2D eigenvalue weighted by molar-refractivity contribution is -0.0588. The molecule has 0 atom stereocenters. The van der Waals surface area contributed by atoms with Gasteiger partial charge < -0.3 is 9.57 Å². The number of ether oxygens (including phenoxy) is 1. The molecule has 1 aromatic heterocycles. The largest absolute Gasteiger partial charge is 0.493 e. The van der Waals surface area contributed by atoms with Crippen molar-refractivity contribution in [1.82, 2.24) is 15.3 Å². The van der Waals surface area contributed by atoms with Crippen molar-refractivity contribution in [1.29, 1.82) is 0 Å². The highest BCUT2D eigenvalue weighted by molar-refractivity contribution is 6.21. The van der Waals surface area contributed by atoms with Crippen LogP contribution in [0.3, 0.4) is 0 Å². The molecule has 0 aliphatic carbocycles. The van der Waals surface area contributed by atoms with Gasteiger partial charge in [0.05, 0.1) is 23.4 Å². The van der Waals surface area contributed by atoms with Gasteiger partial charge in [-0.05, 0) is 37.3 Å². The van der Waals surface area contributed by atoms with E-state index < -0.39 is 17.8 Å². The number of hydrogen-bond acceptors (Lipinski definition) is 6. The van der Waals surface area contributed by atoms with Crippen LogP contribution in [0.25, 0.3) is 11.3 Å². The van der Waals surface area contributed by atoms with Gasteiger partial charge in [0.2, 0.25) is 0 Å². The Morgan fingerprint density at radius 1 is 1.00 bits per heavy atom. The van der Waals surface area contributed by atoms with Crippen LogP contribution in [0.2, 0.25) is 0 Å². The highest BCUT2D eigenvalue weighted by Crippen LogP contribution is 2.29. The smallest absolute Gasteiger partial charge is 0.381 e. The van der Waals surface area contributed by atoms with Crippen molar-refractivity contribution in [2.45, 2.75) is 6.92 Å². The molecular formula is C20H15N3O5. The van der Waals surface area contributed by atoms with Crippen LogP contribution in [0.15, 0.2) is 54.6 Å². The van der Waals surface area contributed by atoms with Gasteiger partial charge in [0, 0.05) is 5.56 Å². The van der Waals surface area contributed by atoms with Crippen molar-refractivity contribution in [3.8, 4) is 17.0 Å². The van der Waals surface area contributed by atoms with E-state index in [9.17, 15) is 14.4 Å². The second kappa shape index (κ2) is 6.99. The number of amides is 2. The third-order valence-electron chi connectivity index (χ3n) is 4.19. The highest BCUT2D eigenvalue weighted by atomic mass is 16.7. The number of fused-ring (bicyclic) bond motifs is 1. The molecule has 8 heteroatoms. The summed E-state index contributed by atoms with van der Waals surface area (Å²) in [5, 5.41) is 7.14. The van der Waals surface area contributed by atoms with Crippen LogP contribution in [-0.4, -0.2) is 39.7 Å². The maximum atomic E-state index is 12.4. The van der Waals surface area contributed by atoms with E-state index in [0.29, 0.717) is 28.7 Å². The Hall–Kier alpha value is -3.94. The first-order valence-electron chi connectivity index (χ1n) is 8.58. The van der Waals surface area contributed by atoms with E-state index in [-0.39, 0.29) is 16.8 Å². The molecule has 1 aliphatic rings. The predicted molar refractivity (Wildman–Crippen MR) is 97.6 cm³/mol. The number of nitrogens with one attached hydrogen (secondary N) is 1. The summed E-state index contributed by atoms with van der Waals surface area (Å²) in [6.07, 6.45) is 0. The number of aromatic amines is 1. The summed E-state index contributed by atoms with van der Waals surface area (Å²) >= 11 is 0. The van der Waals surface area contributed by atoms with E-state index >= 15 is 0 Å². The molecular weight excluding hydrogens is 362 g/mol. The van der Waals surface area contributed by atoms with E-state index in [1.807, 2.05) is 19.1 Å². The van der Waals surface area contributed by atoms with E-state index in [0.717, 1.165) is 0 Å². The molecule has 8 nitrogen and oxygen atoms in total. The minimum Gasteiger partial charge on any atom is -0.493 e. The van der Waals surface area contributed by atoms with Crippen LogP contribution in [0.4, 0.5) is 0 Å². The van der Waals surface area contributed by atoms with E-state index in [1.54, 1.807) is 24.3 Å². The van der Waals surface area contributed by atoms with Crippen LogP contribution in [-0.2, 0) is 4.84 Å². The summed E-state index contributed by atoms with van der Waals surface area (Å²) in [5.74, 6) is -1.65. The van der Waals surface area contributed by atoms with Gasteiger partial charge in [0.15, 0.2) is 0 Å². The topological polar surface area (TPSA) is 102 Å². The molecule has 2 amide bonds. The van der Waals surface area contributed by atoms with Crippen LogP contribution in [0.5, 0.6) is 5.75 Å². The molecule has 2 aromatic carbocycles. The van der Waals surface area contributed by atoms with Gasteiger partial charge in [-0.2, -0.15) is 5.10 Å². The average molecular weight is 377 g/mol. The average Bonchev–Trinajstić information content (AvgIpc) is 3.29. The zero-order valence-corrected chi connectivity index (χ0v) is 14.8. The van der Waals surface area contributed by atoms with Gasteiger partial charge in [-0.15, -0.1) is 0 Å². The summed E-state index contributed by atoms with van der Waals surface area (Å²) in [6.45, 7) is 2.35. The number of aromatic nitrogens is 2. The Morgan fingerprint density at radius 2 is 1.61 bits per heavy atom. The number of benzene rings is 2. The molecule has 3 aromatic rings. The zero-order chi connectivity index (χ0) is 19.7. The number of hydroxylamine groups is 2. The summed E-state index contributed by atoms with van der Waals surface area (Å²) in [7, 11) is 0. The number of hydrogen-bond donors (Lipinski definition) is 1. The standard InChI is InChI=1S/C20H15N3O5/c1-2-27-17-10-6-5-9-14(17)15-11-16(22-21-15)20(26)28-23-18(24)12-7-3-4-8-13(12)19(23)25/h3-11H,2H2,1H3,(H,21,22). The summed E-state index contributed by atoms with van der Waals surface area (Å²) < 4.78 is 5.57. The van der Waals surface area contributed by atoms with Gasteiger partial charge in [-0.1, -0.05) is 29.3 Å². The van der Waals surface area contributed by atoms with Gasteiger partial charge in [-0.25, -0.2) is 4.79 Å². The molecule has 0 unspecified atom stereocenters. The number of nitrogens with zero attached hydrogens (tertiary/aromatic N) is 2. The van der Waals surface area contributed by atoms with Gasteiger partial charge in [0.1, 0.15) is 11.4 Å². The van der Waals surface area contributed by atoms with Crippen LogP contribution in [0.1, 0.15) is 38.1 Å². The van der Waals surface area contributed by atoms with Gasteiger partial charge in [-0.3, -0.25) is 14.7 Å². The monoisotopic (exact) mass is 377 g/mol. The van der Waals surface area contributed by atoms with Crippen LogP contribution >= 0.6 is 0 Å². The maximum Gasteiger partial charge on any atom is 0.381 e. The molecule has 28 heavy (non-hydrogen) atoms. The minimum atomic E-state index is -0.901. The second-order valence-electron chi connectivity index (χ2n) is 5.93. The van der Waals surface area contributed by atoms with Crippen molar-refractivity contribution in [2.75, 3.05) is 6.61 Å². The Balaban J connectivity index is 1.55. The lowest BCUT2D eigenvalue weighted by Crippen LogP contribution is -2.32. The SMILES string of the molecule is CCOc1ccccc1-c1cc(C(=O)ON2C(=O)c3ccccc3C2=O)[nH]n1. The number of rotatable bonds is 5. The minimum absolute atomic E-state index is 0.00198. The normalized spacial score (nSPS) is 12.8. The van der Waals surface area contributed by atoms with Crippen molar-refractivity contribution in [3.05, 3.63) is 71.4 Å². The molecule has 1 aliphatic heterocycles. The third kappa shape index (κ3) is 2.90. The molecule has 0 radical (unpaired) electrons. The van der Waals surface area contributed by atoms with Crippen molar-refractivity contribution in [3.63, 3.8) is 0 Å². The molecule has 0 saturated heterocycles. The first-order chi connectivity index (χ1) is 13.6. The first kappa shape index (κ1) is 17.5. The molecule has 2 heterocycles. The maximum absolute atomic E-state index is 12.4. The molecule has 1 N–H and O–H groups in total.